The molecule has 2 N–H and O–H groups in total. The third-order valence-corrected chi connectivity index (χ3v) is 4.93. The zero-order chi connectivity index (χ0) is 18.7. The second-order valence-corrected chi connectivity index (χ2v) is 6.96. The molecule has 26 heavy (non-hydrogen) atoms. The lowest BCUT2D eigenvalue weighted by molar-refractivity contribution is -0.385. The van der Waals surface area contributed by atoms with Crippen LogP contribution >= 0.6 is 11.8 Å². The molecule has 0 atom stereocenters. The third-order valence-electron chi connectivity index (χ3n) is 4.09. The van der Waals surface area contributed by atoms with Crippen molar-refractivity contribution in [2.45, 2.75) is 26.2 Å². The van der Waals surface area contributed by atoms with Crippen LogP contribution in [-0.2, 0) is 17.1 Å². The van der Waals surface area contributed by atoms with Crippen LogP contribution in [0.2, 0.25) is 0 Å². The first kappa shape index (κ1) is 18.2. The molecule has 3 rings (SSSR count). The Labute approximate surface area is 155 Å². The maximum atomic E-state index is 11.1. The van der Waals surface area contributed by atoms with Gasteiger partial charge in [0.2, 0.25) is 0 Å². The normalized spacial score (nSPS) is 13.8. The summed E-state index contributed by atoms with van der Waals surface area (Å²) in [6.07, 6.45) is 0. The zero-order valence-corrected chi connectivity index (χ0v) is 15.3. The average molecular weight is 373 g/mol. The van der Waals surface area contributed by atoms with E-state index in [1.165, 1.54) is 29.5 Å². The van der Waals surface area contributed by atoms with Gasteiger partial charge < -0.3 is 15.2 Å². The van der Waals surface area contributed by atoms with Crippen LogP contribution in [0.25, 0.3) is 0 Å². The van der Waals surface area contributed by atoms with Crippen LogP contribution < -0.4 is 10.5 Å². The molecule has 136 valence electrons. The Kier molecular flexibility index (Phi) is 5.43. The standard InChI is InChI=1S/C18H19N3O4S/c1-11-3-4-15(5-12(11)2)20-18(19)26-9-14-7-16(21(22)23)6-13-8-24-10-25-17(13)14/h3-7H,8-10H2,1-2H3,(H2,19,20). The van der Waals surface area contributed by atoms with Gasteiger partial charge in [0.1, 0.15) is 5.75 Å². The second-order valence-electron chi connectivity index (χ2n) is 5.97. The highest BCUT2D eigenvalue weighted by molar-refractivity contribution is 8.13. The van der Waals surface area contributed by atoms with Crippen LogP contribution in [0.3, 0.4) is 0 Å². The molecule has 2 aromatic carbocycles. The number of rotatable bonds is 4. The van der Waals surface area contributed by atoms with E-state index < -0.39 is 4.92 Å². The van der Waals surface area contributed by atoms with E-state index in [0.717, 1.165) is 11.3 Å². The van der Waals surface area contributed by atoms with Crippen molar-refractivity contribution in [3.63, 3.8) is 0 Å². The number of nitro benzene ring substituents is 1. The molecule has 0 saturated heterocycles. The summed E-state index contributed by atoms with van der Waals surface area (Å²) in [5.74, 6) is 1.05. The number of non-ortho nitro benzene ring substituents is 1. The van der Waals surface area contributed by atoms with Crippen molar-refractivity contribution < 1.29 is 14.4 Å². The fraction of sp³-hybridized carbons (Fsp3) is 0.278. The zero-order valence-electron chi connectivity index (χ0n) is 14.5. The number of hydrogen-bond donors (Lipinski definition) is 1. The highest BCUT2D eigenvalue weighted by Gasteiger charge is 2.21. The summed E-state index contributed by atoms with van der Waals surface area (Å²) in [5, 5.41) is 11.5. The smallest absolute Gasteiger partial charge is 0.270 e. The number of nitrogens with zero attached hydrogens (tertiary/aromatic N) is 2. The van der Waals surface area contributed by atoms with Gasteiger partial charge >= 0.3 is 0 Å². The van der Waals surface area contributed by atoms with E-state index in [0.29, 0.717) is 34.4 Å². The summed E-state index contributed by atoms with van der Waals surface area (Å²) in [6, 6.07) is 8.87. The van der Waals surface area contributed by atoms with Crippen LogP contribution in [0.15, 0.2) is 35.3 Å². The molecule has 0 fully saturated rings. The minimum atomic E-state index is -0.421. The Balaban J connectivity index is 1.80. The third kappa shape index (κ3) is 4.14. The van der Waals surface area contributed by atoms with Gasteiger partial charge in [-0.05, 0) is 37.1 Å². The molecule has 1 heterocycles. The number of benzene rings is 2. The number of ether oxygens (including phenoxy) is 2. The van der Waals surface area contributed by atoms with Gasteiger partial charge in [-0.3, -0.25) is 10.1 Å². The fourth-order valence-corrected chi connectivity index (χ4v) is 3.29. The fourth-order valence-electron chi connectivity index (χ4n) is 2.60. The lowest BCUT2D eigenvalue weighted by Crippen LogP contribution is -2.14. The molecule has 2 aromatic rings. The van der Waals surface area contributed by atoms with E-state index in [4.69, 9.17) is 15.2 Å². The largest absolute Gasteiger partial charge is 0.467 e. The molecule has 0 radical (unpaired) electrons. The number of amidine groups is 1. The molecule has 1 aliphatic heterocycles. The van der Waals surface area contributed by atoms with E-state index >= 15 is 0 Å². The summed E-state index contributed by atoms with van der Waals surface area (Å²) in [4.78, 5) is 15.1. The Morgan fingerprint density at radius 3 is 2.85 bits per heavy atom. The van der Waals surface area contributed by atoms with E-state index in [9.17, 15) is 10.1 Å². The summed E-state index contributed by atoms with van der Waals surface area (Å²) in [7, 11) is 0. The van der Waals surface area contributed by atoms with Crippen molar-refractivity contribution >= 4 is 28.3 Å². The van der Waals surface area contributed by atoms with Crippen molar-refractivity contribution in [3.8, 4) is 5.75 Å². The average Bonchev–Trinajstić information content (AvgIpc) is 2.62. The lowest BCUT2D eigenvalue weighted by Gasteiger charge is -2.20. The van der Waals surface area contributed by atoms with Crippen molar-refractivity contribution in [2.75, 3.05) is 6.79 Å². The molecule has 8 heteroatoms. The van der Waals surface area contributed by atoms with Gasteiger partial charge in [0.15, 0.2) is 12.0 Å². The Hall–Kier alpha value is -2.58. The van der Waals surface area contributed by atoms with Crippen LogP contribution in [0.4, 0.5) is 11.4 Å². The number of aliphatic imine (C=N–C) groups is 1. The van der Waals surface area contributed by atoms with Crippen molar-refractivity contribution in [3.05, 3.63) is 62.7 Å². The van der Waals surface area contributed by atoms with Gasteiger partial charge in [-0.2, -0.15) is 0 Å². The highest BCUT2D eigenvalue weighted by Crippen LogP contribution is 2.35. The van der Waals surface area contributed by atoms with Crippen LogP contribution in [0.1, 0.15) is 22.3 Å². The Morgan fingerprint density at radius 2 is 2.12 bits per heavy atom. The van der Waals surface area contributed by atoms with Gasteiger partial charge in [-0.15, -0.1) is 0 Å². The van der Waals surface area contributed by atoms with E-state index in [1.54, 1.807) is 0 Å². The van der Waals surface area contributed by atoms with Gasteiger partial charge in [-0.1, -0.05) is 17.8 Å². The number of fused-ring (bicyclic) bond motifs is 1. The van der Waals surface area contributed by atoms with E-state index in [-0.39, 0.29) is 12.5 Å². The molecule has 7 nitrogen and oxygen atoms in total. The summed E-state index contributed by atoms with van der Waals surface area (Å²) in [6.45, 7) is 4.48. The molecular weight excluding hydrogens is 354 g/mol. The van der Waals surface area contributed by atoms with Crippen molar-refractivity contribution in [1.29, 1.82) is 0 Å². The number of thioether (sulfide) groups is 1. The van der Waals surface area contributed by atoms with Crippen LogP contribution in [0, 0.1) is 24.0 Å². The number of nitrogens with two attached hydrogens (primary N) is 1. The van der Waals surface area contributed by atoms with Crippen LogP contribution in [0.5, 0.6) is 5.75 Å². The van der Waals surface area contributed by atoms with Crippen molar-refractivity contribution in [1.82, 2.24) is 0 Å². The summed E-state index contributed by atoms with van der Waals surface area (Å²) in [5.41, 5.74) is 10.5. The summed E-state index contributed by atoms with van der Waals surface area (Å²) >= 11 is 1.31. The monoisotopic (exact) mass is 373 g/mol. The minimum absolute atomic E-state index is 0.0121. The lowest BCUT2D eigenvalue weighted by atomic mass is 10.1. The predicted molar refractivity (Wildman–Crippen MR) is 102 cm³/mol. The maximum Gasteiger partial charge on any atom is 0.270 e. The number of aryl methyl sites for hydroxylation is 2. The minimum Gasteiger partial charge on any atom is -0.467 e. The highest BCUT2D eigenvalue weighted by atomic mass is 32.2. The van der Waals surface area contributed by atoms with E-state index in [1.807, 2.05) is 32.0 Å². The maximum absolute atomic E-state index is 11.1. The molecule has 0 saturated carbocycles. The number of hydrogen-bond acceptors (Lipinski definition) is 6. The molecular formula is C18H19N3O4S. The molecule has 0 spiro atoms. The number of nitro groups is 1. The Bertz CT molecular complexity index is 883. The van der Waals surface area contributed by atoms with Gasteiger partial charge in [0.05, 0.1) is 17.2 Å². The first-order valence-electron chi connectivity index (χ1n) is 7.99. The predicted octanol–water partition coefficient (Wildman–Crippen LogP) is 3.96. The van der Waals surface area contributed by atoms with Gasteiger partial charge in [-0.25, -0.2) is 4.99 Å². The van der Waals surface area contributed by atoms with Gasteiger partial charge in [0.25, 0.3) is 5.69 Å². The summed E-state index contributed by atoms with van der Waals surface area (Å²) < 4.78 is 10.7. The van der Waals surface area contributed by atoms with Gasteiger partial charge in [0, 0.05) is 29.0 Å². The molecule has 0 aromatic heterocycles. The molecule has 0 bridgehead atoms. The quantitative estimate of drug-likeness (QED) is 0.377. The molecule has 0 amide bonds. The first-order valence-corrected chi connectivity index (χ1v) is 8.97. The van der Waals surface area contributed by atoms with Crippen LogP contribution in [-0.4, -0.2) is 16.9 Å². The molecule has 0 aliphatic carbocycles. The second kappa shape index (κ2) is 7.76. The molecule has 0 unspecified atom stereocenters. The van der Waals surface area contributed by atoms with E-state index in [2.05, 4.69) is 4.99 Å². The first-order chi connectivity index (χ1) is 12.4. The SMILES string of the molecule is Cc1ccc(N=C(N)SCc2cc([N+](=O)[O-])cc3c2OCOC3)cc1C. The Morgan fingerprint density at radius 1 is 1.31 bits per heavy atom. The van der Waals surface area contributed by atoms with Crippen molar-refractivity contribution in [2.24, 2.45) is 10.7 Å². The molecule has 1 aliphatic rings. The topological polar surface area (TPSA) is 100.0 Å².